The van der Waals surface area contributed by atoms with Gasteiger partial charge in [0.05, 0.1) is 0 Å². The van der Waals surface area contributed by atoms with Gasteiger partial charge in [-0.15, -0.1) is 0 Å². The molecule has 5 heteroatoms. The predicted molar refractivity (Wildman–Crippen MR) is 87.5 cm³/mol. The second-order valence-corrected chi connectivity index (χ2v) is 5.55. The van der Waals surface area contributed by atoms with E-state index in [1.807, 2.05) is 30.3 Å². The minimum Gasteiger partial charge on any atom is -0.326 e. The SMILES string of the molecule is CCC1CCC/C1=N\NC(=O)CCC(=O)Nc1ccccc1. The van der Waals surface area contributed by atoms with Gasteiger partial charge in [0.25, 0.3) is 0 Å². The Morgan fingerprint density at radius 3 is 2.64 bits per heavy atom. The smallest absolute Gasteiger partial charge is 0.240 e. The van der Waals surface area contributed by atoms with Crippen molar-refractivity contribution in [1.82, 2.24) is 5.43 Å². The summed E-state index contributed by atoms with van der Waals surface area (Å²) in [6.07, 6.45) is 4.63. The second-order valence-electron chi connectivity index (χ2n) is 5.55. The molecule has 1 saturated carbocycles. The van der Waals surface area contributed by atoms with Gasteiger partial charge in [-0.1, -0.05) is 25.1 Å². The van der Waals surface area contributed by atoms with E-state index in [1.54, 1.807) is 0 Å². The summed E-state index contributed by atoms with van der Waals surface area (Å²) in [5.41, 5.74) is 4.41. The monoisotopic (exact) mass is 301 g/mol. The van der Waals surface area contributed by atoms with E-state index < -0.39 is 0 Å². The van der Waals surface area contributed by atoms with Crippen LogP contribution >= 0.6 is 0 Å². The molecule has 0 aromatic heterocycles. The lowest BCUT2D eigenvalue weighted by molar-refractivity contribution is -0.124. The zero-order valence-corrected chi connectivity index (χ0v) is 13.0. The maximum atomic E-state index is 11.8. The number of nitrogens with one attached hydrogen (secondary N) is 2. The third-order valence-electron chi connectivity index (χ3n) is 3.91. The lowest BCUT2D eigenvalue weighted by Gasteiger charge is -2.08. The predicted octanol–water partition coefficient (Wildman–Crippen LogP) is 3.09. The highest BCUT2D eigenvalue weighted by Gasteiger charge is 2.20. The van der Waals surface area contributed by atoms with Crippen LogP contribution in [0.2, 0.25) is 0 Å². The molecule has 118 valence electrons. The molecule has 0 spiro atoms. The summed E-state index contributed by atoms with van der Waals surface area (Å²) in [6.45, 7) is 2.14. The molecule has 0 heterocycles. The van der Waals surface area contributed by atoms with Gasteiger partial charge in [0.15, 0.2) is 0 Å². The first-order chi connectivity index (χ1) is 10.7. The molecule has 1 aliphatic rings. The van der Waals surface area contributed by atoms with Crippen molar-refractivity contribution >= 4 is 23.2 Å². The molecule has 2 rings (SSSR count). The van der Waals surface area contributed by atoms with Crippen LogP contribution in [0.15, 0.2) is 35.4 Å². The van der Waals surface area contributed by atoms with E-state index in [1.165, 1.54) is 0 Å². The largest absolute Gasteiger partial charge is 0.326 e. The van der Waals surface area contributed by atoms with Gasteiger partial charge in [-0.25, -0.2) is 5.43 Å². The number of benzene rings is 1. The van der Waals surface area contributed by atoms with E-state index in [9.17, 15) is 9.59 Å². The molecular weight excluding hydrogens is 278 g/mol. The molecule has 1 aliphatic carbocycles. The fourth-order valence-electron chi connectivity index (χ4n) is 2.65. The zero-order valence-electron chi connectivity index (χ0n) is 13.0. The van der Waals surface area contributed by atoms with Crippen LogP contribution in [0.1, 0.15) is 45.4 Å². The second kappa shape index (κ2) is 8.32. The molecular formula is C17H23N3O2. The molecule has 1 unspecified atom stereocenters. The lowest BCUT2D eigenvalue weighted by Crippen LogP contribution is -2.22. The Labute approximate surface area is 131 Å². The standard InChI is InChI=1S/C17H23N3O2/c1-2-13-7-6-10-15(13)19-20-17(22)12-11-16(21)18-14-8-4-3-5-9-14/h3-5,8-9,13H,2,6-7,10-12H2,1H3,(H,18,21)(H,20,22)/b19-15+. The lowest BCUT2D eigenvalue weighted by atomic mass is 10.0. The normalized spacial score (nSPS) is 19.1. The Morgan fingerprint density at radius 1 is 1.18 bits per heavy atom. The molecule has 2 amide bonds. The van der Waals surface area contributed by atoms with Crippen LogP contribution < -0.4 is 10.7 Å². The van der Waals surface area contributed by atoms with Crippen molar-refractivity contribution in [1.29, 1.82) is 0 Å². The highest BCUT2D eigenvalue weighted by atomic mass is 16.2. The number of carbonyl (C=O) groups excluding carboxylic acids is 2. The van der Waals surface area contributed by atoms with Crippen molar-refractivity contribution in [2.24, 2.45) is 11.0 Å². The molecule has 0 radical (unpaired) electrons. The maximum absolute atomic E-state index is 11.8. The van der Waals surface area contributed by atoms with Gasteiger partial charge >= 0.3 is 0 Å². The number of carbonyl (C=O) groups is 2. The maximum Gasteiger partial charge on any atom is 0.240 e. The van der Waals surface area contributed by atoms with Crippen LogP contribution in [-0.2, 0) is 9.59 Å². The number of hydrazone groups is 1. The Morgan fingerprint density at radius 2 is 1.91 bits per heavy atom. The Hall–Kier alpha value is -2.17. The Kier molecular flexibility index (Phi) is 6.13. The van der Waals surface area contributed by atoms with Crippen molar-refractivity contribution in [3.8, 4) is 0 Å². The third-order valence-corrected chi connectivity index (χ3v) is 3.91. The summed E-state index contributed by atoms with van der Waals surface area (Å²) in [4.78, 5) is 23.5. The molecule has 1 aromatic carbocycles. The quantitative estimate of drug-likeness (QED) is 0.793. The molecule has 1 atom stereocenters. The van der Waals surface area contributed by atoms with Crippen molar-refractivity contribution < 1.29 is 9.59 Å². The van der Waals surface area contributed by atoms with Crippen molar-refractivity contribution in [2.75, 3.05) is 5.32 Å². The average molecular weight is 301 g/mol. The van der Waals surface area contributed by atoms with Crippen LogP contribution in [0, 0.1) is 5.92 Å². The van der Waals surface area contributed by atoms with Crippen LogP contribution in [0.3, 0.4) is 0 Å². The number of anilines is 1. The molecule has 5 nitrogen and oxygen atoms in total. The summed E-state index contributed by atoms with van der Waals surface area (Å²) in [6, 6.07) is 9.22. The van der Waals surface area contributed by atoms with Gasteiger partial charge in [0.2, 0.25) is 11.8 Å². The first-order valence-electron chi connectivity index (χ1n) is 7.89. The number of nitrogens with zero attached hydrogens (tertiary/aromatic N) is 1. The summed E-state index contributed by atoms with van der Waals surface area (Å²) in [7, 11) is 0. The molecule has 0 aliphatic heterocycles. The van der Waals surface area contributed by atoms with Crippen LogP contribution in [-0.4, -0.2) is 17.5 Å². The van der Waals surface area contributed by atoms with Gasteiger partial charge in [-0.2, -0.15) is 5.10 Å². The Balaban J connectivity index is 1.71. The number of para-hydroxylation sites is 1. The van der Waals surface area contributed by atoms with Crippen LogP contribution in [0.25, 0.3) is 0 Å². The van der Waals surface area contributed by atoms with Gasteiger partial charge in [0.1, 0.15) is 0 Å². The molecule has 22 heavy (non-hydrogen) atoms. The summed E-state index contributed by atoms with van der Waals surface area (Å²) >= 11 is 0. The third kappa shape index (κ3) is 4.98. The molecule has 1 fully saturated rings. The number of rotatable bonds is 6. The number of hydrogen-bond donors (Lipinski definition) is 2. The zero-order chi connectivity index (χ0) is 15.8. The van der Waals surface area contributed by atoms with Gasteiger partial charge in [-0.3, -0.25) is 9.59 Å². The van der Waals surface area contributed by atoms with E-state index in [0.717, 1.165) is 37.1 Å². The topological polar surface area (TPSA) is 70.6 Å². The number of amides is 2. The summed E-state index contributed by atoms with van der Waals surface area (Å²) in [5.74, 6) is 0.125. The average Bonchev–Trinajstić information content (AvgIpc) is 2.99. The van der Waals surface area contributed by atoms with Crippen molar-refractivity contribution in [3.05, 3.63) is 30.3 Å². The molecule has 0 bridgehead atoms. The van der Waals surface area contributed by atoms with E-state index in [2.05, 4.69) is 22.8 Å². The number of hydrogen-bond acceptors (Lipinski definition) is 3. The highest BCUT2D eigenvalue weighted by Crippen LogP contribution is 2.24. The van der Waals surface area contributed by atoms with E-state index in [-0.39, 0.29) is 24.7 Å². The van der Waals surface area contributed by atoms with Gasteiger partial charge in [0, 0.05) is 24.2 Å². The minimum absolute atomic E-state index is 0.145. The van der Waals surface area contributed by atoms with Gasteiger partial charge < -0.3 is 5.32 Å². The first-order valence-corrected chi connectivity index (χ1v) is 7.89. The fourth-order valence-corrected chi connectivity index (χ4v) is 2.65. The van der Waals surface area contributed by atoms with Crippen LogP contribution in [0.4, 0.5) is 5.69 Å². The Bertz CT molecular complexity index is 540. The van der Waals surface area contributed by atoms with Crippen molar-refractivity contribution in [2.45, 2.75) is 45.4 Å². The van der Waals surface area contributed by atoms with Crippen molar-refractivity contribution in [3.63, 3.8) is 0 Å². The fraction of sp³-hybridized carbons (Fsp3) is 0.471. The summed E-state index contributed by atoms with van der Waals surface area (Å²) in [5, 5.41) is 6.98. The molecule has 0 saturated heterocycles. The van der Waals surface area contributed by atoms with E-state index >= 15 is 0 Å². The van der Waals surface area contributed by atoms with E-state index in [4.69, 9.17) is 0 Å². The van der Waals surface area contributed by atoms with Gasteiger partial charge in [-0.05, 0) is 43.7 Å². The van der Waals surface area contributed by atoms with Crippen LogP contribution in [0.5, 0.6) is 0 Å². The highest BCUT2D eigenvalue weighted by molar-refractivity contribution is 5.93. The first kappa shape index (κ1) is 16.2. The minimum atomic E-state index is -0.211. The molecule has 2 N–H and O–H groups in total. The molecule has 1 aromatic rings. The van der Waals surface area contributed by atoms with E-state index in [0.29, 0.717) is 5.92 Å². The summed E-state index contributed by atoms with van der Waals surface area (Å²) < 4.78 is 0.